The maximum Gasteiger partial charge on any atom is 0.243 e. The molecule has 25 heavy (non-hydrogen) atoms. The molecule has 0 unspecified atom stereocenters. The van der Waals surface area contributed by atoms with Gasteiger partial charge in [0.05, 0.1) is 6.54 Å². The highest BCUT2D eigenvalue weighted by Crippen LogP contribution is 2.22. The standard InChI is InChI=1S/C20H17ClN2O2/c21-15-6-8-17(9-7-15)23-20(24)14-22-16-10-12-19(13-11-16)25-18-4-2-1-3-5-18/h1-13,22H,14H2,(H,23,24). The largest absolute Gasteiger partial charge is 0.457 e. The van der Waals surface area contributed by atoms with Gasteiger partial charge in [0, 0.05) is 16.4 Å². The molecule has 0 heterocycles. The number of benzene rings is 3. The molecular formula is C20H17ClN2O2. The first-order valence-electron chi connectivity index (χ1n) is 7.81. The molecule has 3 aromatic rings. The van der Waals surface area contributed by atoms with Crippen LogP contribution in [0.1, 0.15) is 0 Å². The van der Waals surface area contributed by atoms with Gasteiger partial charge in [-0.25, -0.2) is 0 Å². The first-order valence-corrected chi connectivity index (χ1v) is 8.19. The van der Waals surface area contributed by atoms with Gasteiger partial charge in [0.15, 0.2) is 0 Å². The van der Waals surface area contributed by atoms with Gasteiger partial charge in [-0.1, -0.05) is 29.8 Å². The number of nitrogens with one attached hydrogen (secondary N) is 2. The highest BCUT2D eigenvalue weighted by Gasteiger charge is 2.03. The van der Waals surface area contributed by atoms with Crippen LogP contribution in [0.2, 0.25) is 5.02 Å². The third-order valence-corrected chi connectivity index (χ3v) is 3.67. The van der Waals surface area contributed by atoms with E-state index in [0.717, 1.165) is 17.2 Å². The van der Waals surface area contributed by atoms with E-state index in [1.807, 2.05) is 54.6 Å². The molecule has 0 saturated heterocycles. The van der Waals surface area contributed by atoms with Crippen molar-refractivity contribution in [3.8, 4) is 11.5 Å². The van der Waals surface area contributed by atoms with Crippen molar-refractivity contribution in [3.05, 3.63) is 83.9 Å². The van der Waals surface area contributed by atoms with E-state index in [1.165, 1.54) is 0 Å². The van der Waals surface area contributed by atoms with Crippen molar-refractivity contribution in [2.24, 2.45) is 0 Å². The smallest absolute Gasteiger partial charge is 0.243 e. The van der Waals surface area contributed by atoms with Crippen LogP contribution in [0.5, 0.6) is 11.5 Å². The van der Waals surface area contributed by atoms with Crippen molar-refractivity contribution >= 4 is 28.9 Å². The lowest BCUT2D eigenvalue weighted by atomic mass is 10.3. The first kappa shape index (κ1) is 16.9. The predicted octanol–water partition coefficient (Wildman–Crippen LogP) is 5.18. The van der Waals surface area contributed by atoms with Crippen LogP contribution in [0.4, 0.5) is 11.4 Å². The summed E-state index contributed by atoms with van der Waals surface area (Å²) in [4.78, 5) is 11.9. The Kier molecular flexibility index (Phi) is 5.54. The summed E-state index contributed by atoms with van der Waals surface area (Å²) in [6, 6.07) is 24.0. The summed E-state index contributed by atoms with van der Waals surface area (Å²) < 4.78 is 5.73. The number of hydrogen-bond acceptors (Lipinski definition) is 3. The molecule has 126 valence electrons. The molecule has 0 aliphatic carbocycles. The molecular weight excluding hydrogens is 336 g/mol. The molecule has 1 amide bonds. The molecule has 2 N–H and O–H groups in total. The van der Waals surface area contributed by atoms with Gasteiger partial charge in [-0.05, 0) is 60.7 Å². The highest BCUT2D eigenvalue weighted by atomic mass is 35.5. The molecule has 0 fully saturated rings. The first-order chi connectivity index (χ1) is 12.2. The second-order valence-corrected chi connectivity index (χ2v) is 5.78. The van der Waals surface area contributed by atoms with E-state index >= 15 is 0 Å². The molecule has 0 aliphatic rings. The van der Waals surface area contributed by atoms with Crippen molar-refractivity contribution in [2.75, 3.05) is 17.2 Å². The van der Waals surface area contributed by atoms with Crippen LogP contribution in [-0.4, -0.2) is 12.5 Å². The van der Waals surface area contributed by atoms with Crippen molar-refractivity contribution in [3.63, 3.8) is 0 Å². The van der Waals surface area contributed by atoms with Gasteiger partial charge in [-0.15, -0.1) is 0 Å². The number of halogens is 1. The SMILES string of the molecule is O=C(CNc1ccc(Oc2ccccc2)cc1)Nc1ccc(Cl)cc1. The van der Waals surface area contributed by atoms with Crippen LogP contribution in [0.25, 0.3) is 0 Å². The fraction of sp³-hybridized carbons (Fsp3) is 0.0500. The Morgan fingerprint density at radius 2 is 1.40 bits per heavy atom. The minimum absolute atomic E-state index is 0.132. The Morgan fingerprint density at radius 3 is 2.08 bits per heavy atom. The Bertz CT molecular complexity index is 819. The van der Waals surface area contributed by atoms with Gasteiger partial charge in [-0.3, -0.25) is 4.79 Å². The zero-order chi connectivity index (χ0) is 17.5. The molecule has 3 rings (SSSR count). The zero-order valence-corrected chi connectivity index (χ0v) is 14.2. The number of ether oxygens (including phenoxy) is 1. The Labute approximate surface area is 151 Å². The van der Waals surface area contributed by atoms with Crippen molar-refractivity contribution in [1.82, 2.24) is 0 Å². The van der Waals surface area contributed by atoms with Crippen molar-refractivity contribution in [2.45, 2.75) is 0 Å². The summed E-state index contributed by atoms with van der Waals surface area (Å²) in [5.74, 6) is 1.39. The van der Waals surface area contributed by atoms with E-state index in [-0.39, 0.29) is 12.5 Å². The lowest BCUT2D eigenvalue weighted by Gasteiger charge is -2.09. The van der Waals surface area contributed by atoms with Gasteiger partial charge in [0.2, 0.25) is 5.91 Å². The summed E-state index contributed by atoms with van der Waals surface area (Å²) in [6.45, 7) is 0.168. The maximum absolute atomic E-state index is 11.9. The number of anilines is 2. The van der Waals surface area contributed by atoms with Crippen LogP contribution >= 0.6 is 11.6 Å². The third kappa shape index (κ3) is 5.26. The van der Waals surface area contributed by atoms with E-state index in [2.05, 4.69) is 10.6 Å². The molecule has 0 radical (unpaired) electrons. The summed E-state index contributed by atoms with van der Waals surface area (Å²) >= 11 is 5.82. The van der Waals surface area contributed by atoms with Gasteiger partial charge >= 0.3 is 0 Å². The van der Waals surface area contributed by atoms with Crippen LogP contribution in [0.15, 0.2) is 78.9 Å². The molecule has 0 aliphatic heterocycles. The van der Waals surface area contributed by atoms with Gasteiger partial charge < -0.3 is 15.4 Å². The lowest BCUT2D eigenvalue weighted by Crippen LogP contribution is -2.21. The lowest BCUT2D eigenvalue weighted by molar-refractivity contribution is -0.114. The number of carbonyl (C=O) groups is 1. The van der Waals surface area contributed by atoms with E-state index in [4.69, 9.17) is 16.3 Å². The molecule has 0 atom stereocenters. The highest BCUT2D eigenvalue weighted by molar-refractivity contribution is 6.30. The molecule has 4 nitrogen and oxygen atoms in total. The summed E-state index contributed by atoms with van der Waals surface area (Å²) in [6.07, 6.45) is 0. The van der Waals surface area contributed by atoms with Crippen LogP contribution in [0, 0.1) is 0 Å². The predicted molar refractivity (Wildman–Crippen MR) is 102 cm³/mol. The van der Waals surface area contributed by atoms with Crippen molar-refractivity contribution < 1.29 is 9.53 Å². The molecule has 5 heteroatoms. The minimum atomic E-state index is -0.132. The third-order valence-electron chi connectivity index (χ3n) is 3.41. The van der Waals surface area contributed by atoms with Gasteiger partial charge in [0.1, 0.15) is 11.5 Å². The topological polar surface area (TPSA) is 50.4 Å². The summed E-state index contributed by atoms with van der Waals surface area (Å²) in [7, 11) is 0. The van der Waals surface area contributed by atoms with E-state index in [9.17, 15) is 4.79 Å². The quantitative estimate of drug-likeness (QED) is 0.642. The number of carbonyl (C=O) groups excluding carboxylic acids is 1. The number of rotatable bonds is 6. The van der Waals surface area contributed by atoms with E-state index in [1.54, 1.807) is 24.3 Å². The average molecular weight is 353 g/mol. The van der Waals surface area contributed by atoms with E-state index in [0.29, 0.717) is 10.7 Å². The van der Waals surface area contributed by atoms with Crippen LogP contribution in [-0.2, 0) is 4.79 Å². The van der Waals surface area contributed by atoms with Crippen LogP contribution < -0.4 is 15.4 Å². The molecule has 0 bridgehead atoms. The fourth-order valence-electron chi connectivity index (χ4n) is 2.19. The van der Waals surface area contributed by atoms with Gasteiger partial charge in [0.25, 0.3) is 0 Å². The number of amides is 1. The Balaban J connectivity index is 1.49. The van der Waals surface area contributed by atoms with Crippen molar-refractivity contribution in [1.29, 1.82) is 0 Å². The fourth-order valence-corrected chi connectivity index (χ4v) is 2.31. The van der Waals surface area contributed by atoms with Crippen LogP contribution in [0.3, 0.4) is 0 Å². The summed E-state index contributed by atoms with van der Waals surface area (Å²) in [5, 5.41) is 6.51. The Morgan fingerprint density at radius 1 is 0.800 bits per heavy atom. The summed E-state index contributed by atoms with van der Waals surface area (Å²) in [5.41, 5.74) is 1.55. The molecule has 3 aromatic carbocycles. The normalized spacial score (nSPS) is 10.1. The molecule has 0 spiro atoms. The second kappa shape index (κ2) is 8.22. The Hall–Kier alpha value is -2.98. The molecule has 0 saturated carbocycles. The number of para-hydroxylation sites is 1. The maximum atomic E-state index is 11.9. The zero-order valence-electron chi connectivity index (χ0n) is 13.4. The van der Waals surface area contributed by atoms with E-state index < -0.39 is 0 Å². The van der Waals surface area contributed by atoms with Gasteiger partial charge in [-0.2, -0.15) is 0 Å². The minimum Gasteiger partial charge on any atom is -0.457 e. The monoisotopic (exact) mass is 352 g/mol. The molecule has 0 aromatic heterocycles. The average Bonchev–Trinajstić information content (AvgIpc) is 2.64. The number of hydrogen-bond donors (Lipinski definition) is 2. The second-order valence-electron chi connectivity index (χ2n) is 5.35.